The Kier molecular flexibility index (Phi) is 6.12. The number of hydrogen-bond acceptors (Lipinski definition) is 2. The van der Waals surface area contributed by atoms with Gasteiger partial charge in [-0.15, -0.1) is 0 Å². The summed E-state index contributed by atoms with van der Waals surface area (Å²) < 4.78 is 0. The molecule has 2 nitrogen and oxygen atoms in total. The van der Waals surface area contributed by atoms with Gasteiger partial charge in [-0.3, -0.25) is 0 Å². The second kappa shape index (κ2) is 7.42. The fourth-order valence-electron chi connectivity index (χ4n) is 1.97. The number of aliphatic hydroxyl groups excluding tert-OH is 1. The molecule has 16 heavy (non-hydrogen) atoms. The van der Waals surface area contributed by atoms with Gasteiger partial charge in [-0.05, 0) is 24.8 Å². The van der Waals surface area contributed by atoms with Crippen molar-refractivity contribution in [2.45, 2.75) is 45.2 Å². The first-order chi connectivity index (χ1) is 7.81. The highest BCUT2D eigenvalue weighted by molar-refractivity contribution is 5.19. The van der Waals surface area contributed by atoms with Crippen molar-refractivity contribution >= 4 is 0 Å². The molecule has 90 valence electrons. The molecule has 0 aliphatic heterocycles. The molecule has 0 amide bonds. The van der Waals surface area contributed by atoms with Gasteiger partial charge in [-0.25, -0.2) is 0 Å². The molecule has 1 aromatic carbocycles. The minimum Gasteiger partial charge on any atom is -0.396 e. The molecule has 0 heterocycles. The van der Waals surface area contributed by atoms with E-state index in [4.69, 9.17) is 5.11 Å². The molecule has 0 saturated heterocycles. The van der Waals surface area contributed by atoms with Crippen molar-refractivity contribution in [2.24, 2.45) is 0 Å². The summed E-state index contributed by atoms with van der Waals surface area (Å²) in [7, 11) is 0. The van der Waals surface area contributed by atoms with E-state index in [0.717, 1.165) is 19.3 Å². The van der Waals surface area contributed by atoms with Gasteiger partial charge < -0.3 is 10.4 Å². The van der Waals surface area contributed by atoms with Crippen LogP contribution in [0.2, 0.25) is 0 Å². The third-order valence-electron chi connectivity index (χ3n) is 3.04. The van der Waals surface area contributed by atoms with Crippen molar-refractivity contribution in [1.82, 2.24) is 5.32 Å². The average molecular weight is 221 g/mol. The van der Waals surface area contributed by atoms with Gasteiger partial charge in [0.05, 0.1) is 0 Å². The highest BCUT2D eigenvalue weighted by Gasteiger charge is 2.13. The lowest BCUT2D eigenvalue weighted by Crippen LogP contribution is -2.32. The van der Waals surface area contributed by atoms with Gasteiger partial charge in [-0.1, -0.05) is 44.2 Å². The van der Waals surface area contributed by atoms with Crippen LogP contribution in [0.15, 0.2) is 30.3 Å². The number of nitrogens with one attached hydrogen (secondary N) is 1. The topological polar surface area (TPSA) is 32.3 Å². The zero-order chi connectivity index (χ0) is 11.8. The van der Waals surface area contributed by atoms with Crippen LogP contribution in [0.5, 0.6) is 0 Å². The maximum atomic E-state index is 9.12. The van der Waals surface area contributed by atoms with Crippen LogP contribution in [0, 0.1) is 0 Å². The van der Waals surface area contributed by atoms with Crippen LogP contribution in [0.4, 0.5) is 0 Å². The van der Waals surface area contributed by atoms with Crippen molar-refractivity contribution in [3.63, 3.8) is 0 Å². The second-order valence-corrected chi connectivity index (χ2v) is 4.16. The Morgan fingerprint density at radius 1 is 1.12 bits per heavy atom. The van der Waals surface area contributed by atoms with Crippen molar-refractivity contribution < 1.29 is 5.11 Å². The Bertz CT molecular complexity index is 269. The normalized spacial score (nSPS) is 13.0. The summed E-state index contributed by atoms with van der Waals surface area (Å²) in [5.74, 6) is 0. The zero-order valence-electron chi connectivity index (χ0n) is 10.3. The first-order valence-electron chi connectivity index (χ1n) is 6.23. The molecule has 0 saturated carbocycles. The van der Waals surface area contributed by atoms with E-state index < -0.39 is 0 Å². The first kappa shape index (κ1) is 13.2. The molecule has 2 heteroatoms. The van der Waals surface area contributed by atoms with E-state index >= 15 is 0 Å². The van der Waals surface area contributed by atoms with Crippen LogP contribution in [0.1, 0.15) is 44.7 Å². The second-order valence-electron chi connectivity index (χ2n) is 4.16. The van der Waals surface area contributed by atoms with Crippen LogP contribution in [-0.2, 0) is 0 Å². The Hall–Kier alpha value is -0.860. The first-order valence-corrected chi connectivity index (χ1v) is 6.23. The lowest BCUT2D eigenvalue weighted by Gasteiger charge is -2.24. The molecular formula is C14H23NO. The Balaban J connectivity index is 2.67. The monoisotopic (exact) mass is 221 g/mol. The van der Waals surface area contributed by atoms with Crippen LogP contribution in [0.25, 0.3) is 0 Å². The number of aliphatic hydroxyl groups is 1. The summed E-state index contributed by atoms with van der Waals surface area (Å²) in [6, 6.07) is 11.2. The number of rotatable bonds is 7. The maximum absolute atomic E-state index is 9.12. The maximum Gasteiger partial charge on any atom is 0.0449 e. The molecule has 0 unspecified atom stereocenters. The third-order valence-corrected chi connectivity index (χ3v) is 3.04. The molecule has 0 aliphatic rings. The Labute approximate surface area is 98.7 Å². The highest BCUT2D eigenvalue weighted by Crippen LogP contribution is 2.18. The van der Waals surface area contributed by atoms with Crippen LogP contribution in [-0.4, -0.2) is 17.8 Å². The van der Waals surface area contributed by atoms with Gasteiger partial charge >= 0.3 is 0 Å². The standard InChI is InChI=1S/C14H23NO/c1-3-13(4-2)15-14(10-11-16)12-8-6-5-7-9-12/h5-9,13-16H,3-4,10-11H2,1-2H3/t14-/m1/s1. The van der Waals surface area contributed by atoms with E-state index in [9.17, 15) is 0 Å². The molecule has 1 atom stereocenters. The molecule has 0 bridgehead atoms. The highest BCUT2D eigenvalue weighted by atomic mass is 16.3. The van der Waals surface area contributed by atoms with Crippen molar-refractivity contribution in [3.05, 3.63) is 35.9 Å². The molecule has 1 rings (SSSR count). The van der Waals surface area contributed by atoms with E-state index in [1.807, 2.05) is 18.2 Å². The lowest BCUT2D eigenvalue weighted by atomic mass is 10.0. The quantitative estimate of drug-likeness (QED) is 0.742. The van der Waals surface area contributed by atoms with Crippen molar-refractivity contribution in [2.75, 3.05) is 6.61 Å². The summed E-state index contributed by atoms with van der Waals surface area (Å²) in [4.78, 5) is 0. The van der Waals surface area contributed by atoms with Crippen molar-refractivity contribution in [3.8, 4) is 0 Å². The molecule has 0 aliphatic carbocycles. The summed E-state index contributed by atoms with van der Waals surface area (Å²) in [6.45, 7) is 4.62. The van der Waals surface area contributed by atoms with E-state index in [1.54, 1.807) is 0 Å². The Morgan fingerprint density at radius 3 is 2.25 bits per heavy atom. The minimum atomic E-state index is 0.229. The number of benzene rings is 1. The average Bonchev–Trinajstić information content (AvgIpc) is 2.35. The predicted octanol–water partition coefficient (Wildman–Crippen LogP) is 2.89. The van der Waals surface area contributed by atoms with Crippen LogP contribution >= 0.6 is 0 Å². The third kappa shape index (κ3) is 3.95. The lowest BCUT2D eigenvalue weighted by molar-refractivity contribution is 0.256. The van der Waals surface area contributed by atoms with Gasteiger partial charge in [-0.2, -0.15) is 0 Å². The summed E-state index contributed by atoms with van der Waals surface area (Å²) >= 11 is 0. The molecule has 2 N–H and O–H groups in total. The fourth-order valence-corrected chi connectivity index (χ4v) is 1.97. The van der Waals surface area contributed by atoms with E-state index in [0.29, 0.717) is 6.04 Å². The van der Waals surface area contributed by atoms with Gasteiger partial charge in [0.15, 0.2) is 0 Å². The zero-order valence-corrected chi connectivity index (χ0v) is 10.3. The molecule has 0 aromatic heterocycles. The molecule has 0 radical (unpaired) electrons. The molecule has 1 aromatic rings. The minimum absolute atomic E-state index is 0.229. The van der Waals surface area contributed by atoms with Gasteiger partial charge in [0.2, 0.25) is 0 Å². The van der Waals surface area contributed by atoms with Crippen LogP contribution < -0.4 is 5.32 Å². The van der Waals surface area contributed by atoms with E-state index in [1.165, 1.54) is 5.56 Å². The predicted molar refractivity (Wildman–Crippen MR) is 68.4 cm³/mol. The van der Waals surface area contributed by atoms with Gasteiger partial charge in [0, 0.05) is 18.7 Å². The Morgan fingerprint density at radius 2 is 1.75 bits per heavy atom. The SMILES string of the molecule is CCC(CC)N[C@H](CCO)c1ccccc1. The van der Waals surface area contributed by atoms with E-state index in [-0.39, 0.29) is 12.6 Å². The summed E-state index contributed by atoms with van der Waals surface area (Å²) in [6.07, 6.45) is 3.04. The van der Waals surface area contributed by atoms with Gasteiger partial charge in [0.1, 0.15) is 0 Å². The molecule has 0 spiro atoms. The largest absolute Gasteiger partial charge is 0.396 e. The van der Waals surface area contributed by atoms with Crippen molar-refractivity contribution in [1.29, 1.82) is 0 Å². The van der Waals surface area contributed by atoms with E-state index in [2.05, 4.69) is 31.3 Å². The smallest absolute Gasteiger partial charge is 0.0449 e. The summed E-state index contributed by atoms with van der Waals surface area (Å²) in [5.41, 5.74) is 1.27. The summed E-state index contributed by atoms with van der Waals surface area (Å²) in [5, 5.41) is 12.7. The fraction of sp³-hybridized carbons (Fsp3) is 0.571. The van der Waals surface area contributed by atoms with Gasteiger partial charge in [0.25, 0.3) is 0 Å². The number of hydrogen-bond donors (Lipinski definition) is 2. The molecular weight excluding hydrogens is 198 g/mol. The van der Waals surface area contributed by atoms with Crippen LogP contribution in [0.3, 0.4) is 0 Å². The molecule has 0 fully saturated rings.